The number of hydrogen-bond donors (Lipinski definition) is 0. The van der Waals surface area contributed by atoms with E-state index in [-0.39, 0.29) is 11.5 Å². The van der Waals surface area contributed by atoms with E-state index >= 15 is 0 Å². The van der Waals surface area contributed by atoms with Crippen molar-refractivity contribution in [3.63, 3.8) is 0 Å². The van der Waals surface area contributed by atoms with Crippen LogP contribution in [0.2, 0.25) is 0 Å². The van der Waals surface area contributed by atoms with Gasteiger partial charge in [-0.1, -0.05) is 11.8 Å². The molecule has 0 unspecified atom stereocenters. The minimum atomic E-state index is 0.0235. The Bertz CT molecular complexity index is 944. The van der Waals surface area contributed by atoms with Gasteiger partial charge in [0.1, 0.15) is 22.3 Å². The Morgan fingerprint density at radius 1 is 0.857 bits per heavy atom. The third-order valence-corrected chi connectivity index (χ3v) is 5.01. The second-order valence-electron chi connectivity index (χ2n) is 5.76. The molecule has 0 spiro atoms. The van der Waals surface area contributed by atoms with E-state index < -0.39 is 0 Å². The molecule has 3 aromatic rings. The maximum atomic E-state index is 12.3. The normalized spacial score (nSPS) is 10.4. The van der Waals surface area contributed by atoms with Crippen LogP contribution in [-0.2, 0) is 0 Å². The molecule has 0 bridgehead atoms. The van der Waals surface area contributed by atoms with Gasteiger partial charge < -0.3 is 14.2 Å². The Labute approximate surface area is 167 Å². The number of Topliss-reactive ketones (excluding diaryl/α,β-unsaturated/α-hetero) is 1. The molecular weight excluding hydrogens is 376 g/mol. The van der Waals surface area contributed by atoms with E-state index in [0.717, 1.165) is 11.3 Å². The first-order chi connectivity index (χ1) is 13.6. The summed E-state index contributed by atoms with van der Waals surface area (Å²) in [6.07, 6.45) is 0. The number of aromatic nitrogens is 2. The van der Waals surface area contributed by atoms with Gasteiger partial charge in [0.15, 0.2) is 5.78 Å². The lowest BCUT2D eigenvalue weighted by atomic mass is 10.1. The van der Waals surface area contributed by atoms with Crippen LogP contribution in [0.25, 0.3) is 11.3 Å². The first kappa shape index (κ1) is 19.7. The summed E-state index contributed by atoms with van der Waals surface area (Å²) in [5.41, 5.74) is 2.15. The van der Waals surface area contributed by atoms with Gasteiger partial charge in [-0.15, -0.1) is 10.2 Å². The minimum Gasteiger partial charge on any atom is -0.497 e. The van der Waals surface area contributed by atoms with Gasteiger partial charge >= 0.3 is 0 Å². The smallest absolute Gasteiger partial charge is 0.173 e. The molecule has 0 saturated heterocycles. The fourth-order valence-corrected chi connectivity index (χ4v) is 3.26. The van der Waals surface area contributed by atoms with Gasteiger partial charge in [0.2, 0.25) is 0 Å². The highest BCUT2D eigenvalue weighted by Gasteiger charge is 2.11. The second kappa shape index (κ2) is 9.23. The van der Waals surface area contributed by atoms with Crippen molar-refractivity contribution in [2.24, 2.45) is 0 Å². The SMILES string of the molecule is COc1ccc(C(=O)CSc2ccc(-c3ccc(OC)cc3OC)nn2)cc1. The van der Waals surface area contributed by atoms with Gasteiger partial charge in [-0.3, -0.25) is 4.79 Å². The van der Waals surface area contributed by atoms with Gasteiger partial charge in [0.25, 0.3) is 0 Å². The highest BCUT2D eigenvalue weighted by atomic mass is 32.2. The Balaban J connectivity index is 1.66. The fourth-order valence-electron chi connectivity index (χ4n) is 2.55. The van der Waals surface area contributed by atoms with Crippen LogP contribution in [0.5, 0.6) is 17.2 Å². The zero-order chi connectivity index (χ0) is 19.9. The Morgan fingerprint density at radius 3 is 2.18 bits per heavy atom. The van der Waals surface area contributed by atoms with E-state index in [4.69, 9.17) is 14.2 Å². The van der Waals surface area contributed by atoms with E-state index in [1.807, 2.05) is 24.3 Å². The van der Waals surface area contributed by atoms with Crippen molar-refractivity contribution in [3.8, 4) is 28.5 Å². The van der Waals surface area contributed by atoms with Crippen molar-refractivity contribution < 1.29 is 19.0 Å². The summed E-state index contributed by atoms with van der Waals surface area (Å²) in [4.78, 5) is 12.3. The molecule has 2 aromatic carbocycles. The molecule has 0 aliphatic rings. The Kier molecular flexibility index (Phi) is 6.49. The van der Waals surface area contributed by atoms with Gasteiger partial charge in [-0.25, -0.2) is 0 Å². The number of rotatable bonds is 8. The number of carbonyl (C=O) groups excluding carboxylic acids is 1. The predicted molar refractivity (Wildman–Crippen MR) is 109 cm³/mol. The maximum Gasteiger partial charge on any atom is 0.173 e. The van der Waals surface area contributed by atoms with Crippen molar-refractivity contribution in [2.45, 2.75) is 5.03 Å². The molecule has 0 aliphatic carbocycles. The molecule has 3 rings (SSSR count). The predicted octanol–water partition coefficient (Wildman–Crippen LogP) is 4.14. The van der Waals surface area contributed by atoms with Crippen LogP contribution in [0.4, 0.5) is 0 Å². The third-order valence-electron chi connectivity index (χ3n) is 4.09. The molecule has 1 heterocycles. The first-order valence-corrected chi connectivity index (χ1v) is 9.49. The van der Waals surface area contributed by atoms with Gasteiger partial charge in [-0.2, -0.15) is 0 Å². The fraction of sp³-hybridized carbons (Fsp3) is 0.190. The van der Waals surface area contributed by atoms with E-state index in [9.17, 15) is 4.79 Å². The Hall–Kier alpha value is -3.06. The largest absolute Gasteiger partial charge is 0.497 e. The lowest BCUT2D eigenvalue weighted by Gasteiger charge is -2.09. The molecule has 0 N–H and O–H groups in total. The van der Waals surface area contributed by atoms with Crippen LogP contribution in [-0.4, -0.2) is 43.1 Å². The molecule has 7 heteroatoms. The number of methoxy groups -OCH3 is 3. The van der Waals surface area contributed by atoms with Crippen molar-refractivity contribution in [1.29, 1.82) is 0 Å². The van der Waals surface area contributed by atoms with E-state index in [0.29, 0.717) is 27.8 Å². The highest BCUT2D eigenvalue weighted by Crippen LogP contribution is 2.32. The summed E-state index contributed by atoms with van der Waals surface area (Å²) in [5, 5.41) is 9.17. The monoisotopic (exact) mass is 396 g/mol. The van der Waals surface area contributed by atoms with E-state index in [2.05, 4.69) is 10.2 Å². The standard InChI is InChI=1S/C21H20N2O4S/c1-25-15-6-4-14(5-7-15)19(24)13-28-21-11-10-18(22-23-21)17-9-8-16(26-2)12-20(17)27-3/h4-12H,13H2,1-3H3. The summed E-state index contributed by atoms with van der Waals surface area (Å²) in [6, 6.07) is 16.3. The lowest BCUT2D eigenvalue weighted by molar-refractivity contribution is 0.102. The Morgan fingerprint density at radius 2 is 1.57 bits per heavy atom. The summed E-state index contributed by atoms with van der Waals surface area (Å²) < 4.78 is 15.7. The zero-order valence-corrected chi connectivity index (χ0v) is 16.7. The number of benzene rings is 2. The molecule has 0 saturated carbocycles. The number of ether oxygens (including phenoxy) is 3. The lowest BCUT2D eigenvalue weighted by Crippen LogP contribution is -2.03. The average molecular weight is 396 g/mol. The van der Waals surface area contributed by atoms with Crippen LogP contribution in [0.3, 0.4) is 0 Å². The number of hydrogen-bond acceptors (Lipinski definition) is 7. The molecule has 0 radical (unpaired) electrons. The highest BCUT2D eigenvalue weighted by molar-refractivity contribution is 7.99. The molecule has 1 aromatic heterocycles. The summed E-state index contributed by atoms with van der Waals surface area (Å²) in [5.74, 6) is 2.39. The van der Waals surface area contributed by atoms with Crippen LogP contribution >= 0.6 is 11.8 Å². The maximum absolute atomic E-state index is 12.3. The van der Waals surface area contributed by atoms with Crippen molar-refractivity contribution in [1.82, 2.24) is 10.2 Å². The zero-order valence-electron chi connectivity index (χ0n) is 15.8. The molecule has 0 aliphatic heterocycles. The summed E-state index contributed by atoms with van der Waals surface area (Å²) >= 11 is 1.35. The second-order valence-corrected chi connectivity index (χ2v) is 6.76. The number of nitrogens with zero attached hydrogens (tertiary/aromatic N) is 2. The molecular formula is C21H20N2O4S. The van der Waals surface area contributed by atoms with E-state index in [1.165, 1.54) is 11.8 Å². The van der Waals surface area contributed by atoms with Crippen LogP contribution in [0, 0.1) is 0 Å². The third kappa shape index (κ3) is 4.61. The molecule has 28 heavy (non-hydrogen) atoms. The van der Waals surface area contributed by atoms with E-state index in [1.54, 1.807) is 51.7 Å². The first-order valence-electron chi connectivity index (χ1n) is 8.50. The molecule has 0 fully saturated rings. The average Bonchev–Trinajstić information content (AvgIpc) is 2.77. The molecule has 0 amide bonds. The van der Waals surface area contributed by atoms with Crippen molar-refractivity contribution in [3.05, 3.63) is 60.2 Å². The van der Waals surface area contributed by atoms with Gasteiger partial charge in [-0.05, 0) is 48.5 Å². The quantitative estimate of drug-likeness (QED) is 0.418. The van der Waals surface area contributed by atoms with Crippen molar-refractivity contribution >= 4 is 17.5 Å². The van der Waals surface area contributed by atoms with Gasteiger partial charge in [0, 0.05) is 17.2 Å². The number of carbonyl (C=O) groups is 1. The van der Waals surface area contributed by atoms with Crippen LogP contribution in [0.15, 0.2) is 59.6 Å². The van der Waals surface area contributed by atoms with Gasteiger partial charge in [0.05, 0.1) is 32.8 Å². The summed E-state index contributed by atoms with van der Waals surface area (Å²) in [6.45, 7) is 0. The number of thioether (sulfide) groups is 1. The minimum absolute atomic E-state index is 0.0235. The van der Waals surface area contributed by atoms with Crippen LogP contribution < -0.4 is 14.2 Å². The number of ketones is 1. The topological polar surface area (TPSA) is 70.5 Å². The van der Waals surface area contributed by atoms with Crippen LogP contribution in [0.1, 0.15) is 10.4 Å². The summed E-state index contributed by atoms with van der Waals surface area (Å²) in [7, 11) is 4.80. The van der Waals surface area contributed by atoms with Crippen molar-refractivity contribution in [2.75, 3.05) is 27.1 Å². The molecule has 6 nitrogen and oxygen atoms in total. The molecule has 0 atom stereocenters. The molecule has 144 valence electrons.